The Labute approximate surface area is 281 Å². The molecule has 6 atom stereocenters. The number of H-pyrrole nitrogens is 2. The normalized spacial score (nSPS) is 24.6. The average molecular weight is 761 g/mol. The molecule has 0 spiro atoms. The molecule has 2 fully saturated rings. The number of rotatable bonds is 13. The number of azide groups is 2. The second kappa shape index (κ2) is 17.8. The van der Waals surface area contributed by atoms with Gasteiger partial charge in [0.1, 0.15) is 0 Å². The van der Waals surface area contributed by atoms with Crippen molar-refractivity contribution in [2.45, 2.75) is 84.2 Å². The predicted octanol–water partition coefficient (Wildman–Crippen LogP) is 0.877. The van der Waals surface area contributed by atoms with Gasteiger partial charge in [0, 0.05) is 0 Å². The van der Waals surface area contributed by atoms with Gasteiger partial charge in [0.25, 0.3) is 0 Å². The first kappa shape index (κ1) is 39.0. The molecule has 0 aromatic carbocycles. The van der Waals surface area contributed by atoms with Crippen LogP contribution < -0.4 is 27.4 Å². The number of nitrogens with zero attached hydrogens (tertiary/aromatic N) is 8. The van der Waals surface area contributed by atoms with Crippen LogP contribution in [0, 0.1) is 13.8 Å². The molecule has 2 saturated heterocycles. The molecule has 4 heterocycles. The fourth-order valence-corrected chi connectivity index (χ4v) is 6.66. The fourth-order valence-electron chi connectivity index (χ4n) is 5.16. The SMILES string of the molecule is CC[NH+](CC)CC.Cc1cn([C@H]2C[C@H](N=[N+]=[N-])[C@@H](COP(=O)([Se-])OC[C@H]3O[C@@H](n4cc(C)c(=O)[nH]c4=O)C[C@@H]3N=[N+]=[N-])O2)c(=O)[nH]c1=O. The molecule has 2 aromatic heterocycles. The zero-order chi connectivity index (χ0) is 35.6. The number of aromatic amines is 2. The van der Waals surface area contributed by atoms with Crippen LogP contribution in [-0.2, 0) is 23.1 Å². The Morgan fingerprint density at radius 2 is 1.23 bits per heavy atom. The second-order valence-corrected chi connectivity index (χ2v) is 15.3. The van der Waals surface area contributed by atoms with E-state index in [-0.39, 0.29) is 37.2 Å². The standard InChI is InChI=1S/C20H25N10O9PSe.C6H15N/c1-9-5-29(19(33)23-17(9)31)15-3-11(25-27-21)13(38-15)7-36-40(35,41)37-8-14-12(26-28-22)4-16(39-14)30-6-10(2)18(32)24-20(30)34;1-4-7(5-2)6-3/h5-6,11-16H,3-4,7-8H2,1-2H3,(H,35,41)(H,23,31,33)(H,24,32,34);4-6H2,1-3H3/t11-,12-,13+,14+,15+,16+;/m0./s1. The van der Waals surface area contributed by atoms with E-state index in [1.165, 1.54) is 45.9 Å². The van der Waals surface area contributed by atoms with Gasteiger partial charge in [-0.05, 0) is 20.8 Å². The van der Waals surface area contributed by atoms with E-state index in [9.17, 15) is 23.7 Å². The molecule has 0 unspecified atom stereocenters. The molecule has 48 heavy (non-hydrogen) atoms. The Morgan fingerprint density at radius 1 is 0.854 bits per heavy atom. The number of aromatic nitrogens is 4. The molecule has 0 aliphatic carbocycles. The Morgan fingerprint density at radius 3 is 1.54 bits per heavy atom. The number of ether oxygens (including phenoxy) is 2. The van der Waals surface area contributed by atoms with Crippen LogP contribution >= 0.6 is 6.29 Å². The van der Waals surface area contributed by atoms with Gasteiger partial charge in [-0.25, -0.2) is 0 Å². The average Bonchev–Trinajstić information content (AvgIpc) is 3.64. The predicted molar refractivity (Wildman–Crippen MR) is 173 cm³/mol. The molecule has 0 radical (unpaired) electrons. The summed E-state index contributed by atoms with van der Waals surface area (Å²) in [7, 11) is 0. The summed E-state index contributed by atoms with van der Waals surface area (Å²) in [6.07, 6.45) is -4.72. The van der Waals surface area contributed by atoms with Crippen molar-refractivity contribution >= 4 is 21.9 Å². The maximum atomic E-state index is 13.0. The molecule has 0 bridgehead atoms. The van der Waals surface area contributed by atoms with Crippen LogP contribution in [0.4, 0.5) is 0 Å². The maximum absolute atomic E-state index is 13.0. The summed E-state index contributed by atoms with van der Waals surface area (Å²) in [4.78, 5) is 59.5. The van der Waals surface area contributed by atoms with Crippen LogP contribution in [0.25, 0.3) is 20.9 Å². The number of quaternary nitrogens is 1. The third-order valence-electron chi connectivity index (χ3n) is 8.01. The number of nitrogens with one attached hydrogen (secondary N) is 3. The molecule has 3 N–H and O–H groups in total. The van der Waals surface area contributed by atoms with Crippen LogP contribution in [0.2, 0.25) is 0 Å². The molecule has 0 saturated carbocycles. The van der Waals surface area contributed by atoms with E-state index in [2.05, 4.69) is 66.4 Å². The van der Waals surface area contributed by atoms with Crippen LogP contribution in [0.5, 0.6) is 0 Å². The van der Waals surface area contributed by atoms with Gasteiger partial charge in [-0.1, -0.05) is 0 Å². The summed E-state index contributed by atoms with van der Waals surface area (Å²) in [5.74, 6) is 0. The molecule has 2 aliphatic heterocycles. The van der Waals surface area contributed by atoms with Gasteiger partial charge in [-0.2, -0.15) is 0 Å². The molecular formula is C26H40N11O9PSe. The molecule has 264 valence electrons. The van der Waals surface area contributed by atoms with Gasteiger partial charge in [0.05, 0.1) is 19.6 Å². The summed E-state index contributed by atoms with van der Waals surface area (Å²) in [6, 6.07) is -1.59. The van der Waals surface area contributed by atoms with Crippen LogP contribution in [-0.4, -0.2) is 91.8 Å². The minimum absolute atomic E-state index is 0.0802. The van der Waals surface area contributed by atoms with Crippen LogP contribution in [0.15, 0.2) is 41.8 Å². The molecular weight excluding hydrogens is 720 g/mol. The quantitative estimate of drug-likeness (QED) is 0.0859. The van der Waals surface area contributed by atoms with Crippen molar-refractivity contribution in [2.75, 3.05) is 32.8 Å². The molecule has 4 rings (SSSR count). The van der Waals surface area contributed by atoms with E-state index in [0.717, 1.165) is 9.13 Å². The van der Waals surface area contributed by atoms with E-state index in [1.807, 2.05) is 0 Å². The van der Waals surface area contributed by atoms with E-state index in [1.54, 1.807) is 4.90 Å². The van der Waals surface area contributed by atoms with Gasteiger partial charge >= 0.3 is 237 Å². The van der Waals surface area contributed by atoms with E-state index < -0.39 is 65.5 Å². The fraction of sp³-hybridized carbons (Fsp3) is 0.692. The van der Waals surface area contributed by atoms with E-state index >= 15 is 0 Å². The number of aryl methyl sites for hydroxylation is 2. The molecule has 20 nitrogen and oxygen atoms in total. The number of hydrogen-bond donors (Lipinski definition) is 3. The summed E-state index contributed by atoms with van der Waals surface area (Å²) < 4.78 is 37.9. The van der Waals surface area contributed by atoms with Crippen molar-refractivity contribution in [2.24, 2.45) is 10.2 Å². The van der Waals surface area contributed by atoms with Crippen molar-refractivity contribution in [3.63, 3.8) is 0 Å². The van der Waals surface area contributed by atoms with Crippen LogP contribution in [0.3, 0.4) is 0 Å². The molecule has 22 heteroatoms. The van der Waals surface area contributed by atoms with Gasteiger partial charge in [-0.3, -0.25) is 0 Å². The summed E-state index contributed by atoms with van der Waals surface area (Å²) in [5, 5.41) is 7.35. The summed E-state index contributed by atoms with van der Waals surface area (Å²) in [5.41, 5.74) is 15.9. The van der Waals surface area contributed by atoms with Crippen molar-refractivity contribution < 1.29 is 28.0 Å². The van der Waals surface area contributed by atoms with Crippen molar-refractivity contribution in [1.82, 2.24) is 19.1 Å². The van der Waals surface area contributed by atoms with Gasteiger partial charge in [0.15, 0.2) is 0 Å². The first-order valence-corrected chi connectivity index (χ1v) is 19.0. The third kappa shape index (κ3) is 10.3. The van der Waals surface area contributed by atoms with E-state index in [0.29, 0.717) is 0 Å². The summed E-state index contributed by atoms with van der Waals surface area (Å²) >= 11 is 2.33. The van der Waals surface area contributed by atoms with Crippen molar-refractivity contribution in [3.05, 3.63) is 86.1 Å². The molecule has 2 aliphatic rings. The Hall–Kier alpha value is -3.47. The van der Waals surface area contributed by atoms with E-state index in [4.69, 9.17) is 29.6 Å². The Balaban J connectivity index is 0.000000804. The van der Waals surface area contributed by atoms with Gasteiger partial charge in [-0.15, -0.1) is 0 Å². The zero-order valence-electron chi connectivity index (χ0n) is 27.2. The van der Waals surface area contributed by atoms with Gasteiger partial charge in [0.2, 0.25) is 0 Å². The summed E-state index contributed by atoms with van der Waals surface area (Å²) in [6.45, 7) is 12.8. The minimum atomic E-state index is -3.91. The monoisotopic (exact) mass is 761 g/mol. The van der Waals surface area contributed by atoms with Gasteiger partial charge < -0.3 is 4.90 Å². The van der Waals surface area contributed by atoms with Crippen molar-refractivity contribution in [1.29, 1.82) is 0 Å². The third-order valence-corrected chi connectivity index (χ3v) is 10.3. The van der Waals surface area contributed by atoms with Crippen LogP contribution in [0.1, 0.15) is 57.2 Å². The second-order valence-electron chi connectivity index (χ2n) is 11.1. The molecule has 2 aromatic rings. The molecule has 0 amide bonds. The Kier molecular flexibility index (Phi) is 14.4. The number of hydrogen-bond acceptors (Lipinski definition) is 11. The van der Waals surface area contributed by atoms with Crippen molar-refractivity contribution in [3.8, 4) is 0 Å². The first-order valence-electron chi connectivity index (χ1n) is 15.2. The zero-order valence-corrected chi connectivity index (χ0v) is 29.8. The topological polar surface area (TPSA) is 266 Å². The Bertz CT molecular complexity index is 1670. The first-order chi connectivity index (χ1) is 22.8.